The van der Waals surface area contributed by atoms with Crippen molar-refractivity contribution in [2.45, 2.75) is 26.2 Å². The number of halogens is 3. The zero-order chi connectivity index (χ0) is 19.6. The molecule has 142 valence electrons. The number of fused-ring (bicyclic) bond motifs is 1. The van der Waals surface area contributed by atoms with Crippen LogP contribution in [0.1, 0.15) is 34.4 Å². The summed E-state index contributed by atoms with van der Waals surface area (Å²) in [7, 11) is 0. The van der Waals surface area contributed by atoms with E-state index in [1.165, 1.54) is 6.92 Å². The molecule has 2 amide bonds. The van der Waals surface area contributed by atoms with Crippen LogP contribution < -0.4 is 10.6 Å². The van der Waals surface area contributed by atoms with Gasteiger partial charge in [0.25, 0.3) is 5.91 Å². The Labute approximate surface area is 149 Å². The molecule has 2 N–H and O–H groups in total. The van der Waals surface area contributed by atoms with Crippen LogP contribution in [0, 0.1) is 0 Å². The van der Waals surface area contributed by atoms with Gasteiger partial charge in [-0.1, -0.05) is 5.16 Å². The first-order valence-electron chi connectivity index (χ1n) is 7.62. The van der Waals surface area contributed by atoms with Crippen molar-refractivity contribution in [2.24, 2.45) is 0 Å². The first-order chi connectivity index (χ1) is 12.7. The number of aromatic nitrogens is 4. The zero-order valence-electron chi connectivity index (χ0n) is 13.9. The summed E-state index contributed by atoms with van der Waals surface area (Å²) in [6.45, 7) is 1.50. The molecule has 3 rings (SSSR count). The van der Waals surface area contributed by atoms with E-state index in [9.17, 15) is 22.8 Å². The van der Waals surface area contributed by atoms with E-state index in [4.69, 9.17) is 0 Å². The van der Waals surface area contributed by atoms with E-state index in [1.807, 2.05) is 0 Å². The molecule has 0 aliphatic carbocycles. The SMILES string of the molecule is CC(=O)NCc1ccn2cc(CNC(=O)c3conc3C(F)(F)F)nc2n1. The molecular formula is C15H13F3N6O3. The number of carbonyl (C=O) groups excluding carboxylic acids is 2. The number of alkyl halides is 3. The average molecular weight is 382 g/mol. The van der Waals surface area contributed by atoms with Crippen molar-refractivity contribution < 1.29 is 27.3 Å². The Bertz CT molecular complexity index is 994. The predicted octanol–water partition coefficient (Wildman–Crippen LogP) is 1.30. The van der Waals surface area contributed by atoms with Crippen molar-refractivity contribution in [3.8, 4) is 0 Å². The van der Waals surface area contributed by atoms with Gasteiger partial charge in [0.15, 0.2) is 5.69 Å². The lowest BCUT2D eigenvalue weighted by atomic mass is 10.2. The third-order valence-electron chi connectivity index (χ3n) is 3.47. The summed E-state index contributed by atoms with van der Waals surface area (Å²) in [6.07, 6.45) is -0.919. The second-order valence-corrected chi connectivity index (χ2v) is 5.53. The van der Waals surface area contributed by atoms with E-state index in [0.29, 0.717) is 23.4 Å². The predicted molar refractivity (Wildman–Crippen MR) is 83.2 cm³/mol. The highest BCUT2D eigenvalue weighted by Gasteiger charge is 2.39. The number of nitrogens with one attached hydrogen (secondary N) is 2. The number of amides is 2. The summed E-state index contributed by atoms with van der Waals surface area (Å²) >= 11 is 0. The van der Waals surface area contributed by atoms with Crippen molar-refractivity contribution in [1.29, 1.82) is 0 Å². The lowest BCUT2D eigenvalue weighted by Crippen LogP contribution is -2.25. The molecule has 0 fully saturated rings. The Morgan fingerprint density at radius 2 is 1.89 bits per heavy atom. The molecule has 0 aliphatic heterocycles. The van der Waals surface area contributed by atoms with Gasteiger partial charge < -0.3 is 15.2 Å². The number of hydrogen-bond donors (Lipinski definition) is 2. The van der Waals surface area contributed by atoms with Gasteiger partial charge in [-0.3, -0.25) is 14.0 Å². The topological polar surface area (TPSA) is 114 Å². The monoisotopic (exact) mass is 382 g/mol. The number of nitrogens with zero attached hydrogens (tertiary/aromatic N) is 4. The molecule has 12 heteroatoms. The first-order valence-corrected chi connectivity index (χ1v) is 7.62. The van der Waals surface area contributed by atoms with E-state index in [1.54, 1.807) is 22.9 Å². The molecular weight excluding hydrogens is 369 g/mol. The summed E-state index contributed by atoms with van der Waals surface area (Å²) in [6, 6.07) is 1.68. The lowest BCUT2D eigenvalue weighted by Gasteiger charge is -2.05. The second kappa shape index (κ2) is 7.05. The Balaban J connectivity index is 1.69. The normalized spacial score (nSPS) is 11.6. The average Bonchev–Trinajstić information content (AvgIpc) is 3.23. The maximum absolute atomic E-state index is 12.7. The van der Waals surface area contributed by atoms with Gasteiger partial charge in [-0.25, -0.2) is 9.97 Å². The van der Waals surface area contributed by atoms with Crippen LogP contribution in [0.15, 0.2) is 29.2 Å². The fraction of sp³-hybridized carbons (Fsp3) is 0.267. The van der Waals surface area contributed by atoms with E-state index < -0.39 is 23.3 Å². The summed E-state index contributed by atoms with van der Waals surface area (Å²) in [5.74, 6) is -0.863. The molecule has 0 saturated carbocycles. The van der Waals surface area contributed by atoms with Gasteiger partial charge in [0.1, 0.15) is 11.8 Å². The molecule has 0 aliphatic rings. The van der Waals surface area contributed by atoms with Gasteiger partial charge in [0, 0.05) is 19.3 Å². The van der Waals surface area contributed by atoms with Gasteiger partial charge in [-0.2, -0.15) is 13.2 Å². The highest BCUT2D eigenvalue weighted by atomic mass is 19.4. The summed E-state index contributed by atoms with van der Waals surface area (Å²) in [5.41, 5.74) is -1.13. The third-order valence-corrected chi connectivity index (χ3v) is 3.47. The van der Waals surface area contributed by atoms with E-state index in [-0.39, 0.29) is 19.0 Å². The van der Waals surface area contributed by atoms with Crippen LogP contribution in [0.3, 0.4) is 0 Å². The standard InChI is InChI=1S/C15H13F3N6O3/c1-8(25)19-4-9-2-3-24-6-10(22-14(24)21-9)5-20-13(26)11-7-27-23-12(11)15(16,17)18/h2-3,6-7H,4-5H2,1H3,(H,19,25)(H,20,26). The molecule has 3 aromatic rings. The van der Waals surface area contributed by atoms with Gasteiger partial charge in [0.05, 0.1) is 24.5 Å². The lowest BCUT2D eigenvalue weighted by molar-refractivity contribution is -0.143. The highest BCUT2D eigenvalue weighted by molar-refractivity contribution is 5.95. The van der Waals surface area contributed by atoms with Crippen LogP contribution in [0.5, 0.6) is 0 Å². The van der Waals surface area contributed by atoms with Crippen LogP contribution in [-0.4, -0.2) is 31.3 Å². The third kappa shape index (κ3) is 4.22. The molecule has 3 aromatic heterocycles. The molecule has 0 unspecified atom stereocenters. The highest BCUT2D eigenvalue weighted by Crippen LogP contribution is 2.30. The first kappa shape index (κ1) is 18.4. The molecule has 0 spiro atoms. The molecule has 3 heterocycles. The van der Waals surface area contributed by atoms with Crippen LogP contribution in [0.4, 0.5) is 13.2 Å². The molecule has 0 radical (unpaired) electrons. The summed E-state index contributed by atoms with van der Waals surface area (Å²) in [4.78, 5) is 31.3. The molecule has 0 saturated heterocycles. The van der Waals surface area contributed by atoms with Crippen molar-refractivity contribution in [1.82, 2.24) is 30.2 Å². The van der Waals surface area contributed by atoms with Crippen LogP contribution in [0.25, 0.3) is 5.78 Å². The van der Waals surface area contributed by atoms with Gasteiger partial charge in [-0.15, -0.1) is 0 Å². The number of carbonyl (C=O) groups is 2. The van der Waals surface area contributed by atoms with E-state index in [0.717, 1.165) is 0 Å². The smallest absolute Gasteiger partial charge is 0.363 e. The largest absolute Gasteiger partial charge is 0.437 e. The van der Waals surface area contributed by atoms with Gasteiger partial charge in [0.2, 0.25) is 11.7 Å². The van der Waals surface area contributed by atoms with E-state index in [2.05, 4.69) is 30.3 Å². The molecule has 27 heavy (non-hydrogen) atoms. The Morgan fingerprint density at radius 1 is 1.19 bits per heavy atom. The Morgan fingerprint density at radius 3 is 2.59 bits per heavy atom. The summed E-state index contributed by atoms with van der Waals surface area (Å²) < 4.78 is 44.1. The van der Waals surface area contributed by atoms with Gasteiger partial charge in [-0.05, 0) is 6.07 Å². The molecule has 0 atom stereocenters. The minimum Gasteiger partial charge on any atom is -0.363 e. The maximum atomic E-state index is 12.7. The number of imidazole rings is 1. The zero-order valence-corrected chi connectivity index (χ0v) is 13.9. The quantitative estimate of drug-likeness (QED) is 0.688. The van der Waals surface area contributed by atoms with Crippen molar-refractivity contribution in [2.75, 3.05) is 0 Å². The summed E-state index contributed by atoms with van der Waals surface area (Å²) in [5, 5.41) is 7.75. The van der Waals surface area contributed by atoms with Crippen molar-refractivity contribution in [3.05, 3.63) is 47.4 Å². The van der Waals surface area contributed by atoms with Crippen molar-refractivity contribution in [3.63, 3.8) is 0 Å². The molecule has 0 bridgehead atoms. The fourth-order valence-electron chi connectivity index (χ4n) is 2.22. The van der Waals surface area contributed by atoms with Gasteiger partial charge >= 0.3 is 6.18 Å². The van der Waals surface area contributed by atoms with Crippen LogP contribution >= 0.6 is 0 Å². The number of hydrogen-bond acceptors (Lipinski definition) is 6. The van der Waals surface area contributed by atoms with Crippen LogP contribution in [0.2, 0.25) is 0 Å². The molecule has 9 nitrogen and oxygen atoms in total. The van der Waals surface area contributed by atoms with Crippen LogP contribution in [-0.2, 0) is 24.1 Å². The molecule has 0 aromatic carbocycles. The Hall–Kier alpha value is -3.44. The second-order valence-electron chi connectivity index (χ2n) is 5.53. The van der Waals surface area contributed by atoms with Crippen molar-refractivity contribution >= 4 is 17.6 Å². The van der Waals surface area contributed by atoms with E-state index >= 15 is 0 Å². The fourth-order valence-corrected chi connectivity index (χ4v) is 2.22. The maximum Gasteiger partial charge on any atom is 0.437 e. The minimum absolute atomic E-state index is 0.119. The Kier molecular flexibility index (Phi) is 4.79. The minimum atomic E-state index is -4.79. The number of rotatable bonds is 5.